The molecule has 2 rings (SSSR count). The highest BCUT2D eigenvalue weighted by atomic mass is 16.2. The molecule has 0 radical (unpaired) electrons. The molecule has 2 N–H and O–H groups in total. The number of aromatic nitrogens is 1. The summed E-state index contributed by atoms with van der Waals surface area (Å²) >= 11 is 0. The van der Waals surface area contributed by atoms with Crippen molar-refractivity contribution >= 4 is 5.91 Å². The summed E-state index contributed by atoms with van der Waals surface area (Å²) in [4.78, 5) is 27.8. The van der Waals surface area contributed by atoms with E-state index in [1.807, 2.05) is 0 Å². The molecule has 1 unspecified atom stereocenters. The molecule has 0 aliphatic carbocycles. The number of hydrogen-bond donors (Lipinski definition) is 2. The molecule has 1 aliphatic heterocycles. The SMILES string of the molecule is CN1CCCCC1CNC(=O)c1cccc(=O)[nH]1. The highest BCUT2D eigenvalue weighted by molar-refractivity contribution is 5.92. The molecular formula is C13H19N3O2. The lowest BCUT2D eigenvalue weighted by atomic mass is 10.0. The average molecular weight is 249 g/mol. The van der Waals surface area contributed by atoms with E-state index in [4.69, 9.17) is 0 Å². The van der Waals surface area contributed by atoms with Gasteiger partial charge in [0.1, 0.15) is 5.69 Å². The number of carbonyl (C=O) groups excluding carboxylic acids is 1. The van der Waals surface area contributed by atoms with Gasteiger partial charge in [0.25, 0.3) is 5.91 Å². The molecule has 1 aromatic heterocycles. The van der Waals surface area contributed by atoms with Gasteiger partial charge < -0.3 is 15.2 Å². The van der Waals surface area contributed by atoms with E-state index < -0.39 is 0 Å². The number of H-pyrrole nitrogens is 1. The lowest BCUT2D eigenvalue weighted by Crippen LogP contribution is -2.44. The van der Waals surface area contributed by atoms with E-state index in [1.165, 1.54) is 18.9 Å². The molecule has 18 heavy (non-hydrogen) atoms. The minimum Gasteiger partial charge on any atom is -0.349 e. The molecule has 0 spiro atoms. The quantitative estimate of drug-likeness (QED) is 0.824. The highest BCUT2D eigenvalue weighted by Gasteiger charge is 2.19. The van der Waals surface area contributed by atoms with Crippen LogP contribution < -0.4 is 10.9 Å². The van der Waals surface area contributed by atoms with Crippen molar-refractivity contribution < 1.29 is 4.79 Å². The standard InChI is InChI=1S/C13H19N3O2/c1-16-8-3-2-5-10(16)9-14-13(18)11-6-4-7-12(17)15-11/h4,6-7,10H,2-3,5,8-9H2,1H3,(H,14,18)(H,15,17). The van der Waals surface area contributed by atoms with Crippen LogP contribution in [0.4, 0.5) is 0 Å². The van der Waals surface area contributed by atoms with E-state index in [0.29, 0.717) is 18.3 Å². The number of nitrogens with one attached hydrogen (secondary N) is 2. The third-order valence-corrected chi connectivity index (χ3v) is 3.43. The van der Waals surface area contributed by atoms with Crippen LogP contribution in [-0.4, -0.2) is 42.0 Å². The van der Waals surface area contributed by atoms with Crippen LogP contribution >= 0.6 is 0 Å². The number of aromatic amines is 1. The van der Waals surface area contributed by atoms with Crippen molar-refractivity contribution in [3.63, 3.8) is 0 Å². The Bertz CT molecular complexity index is 469. The van der Waals surface area contributed by atoms with Gasteiger partial charge in [-0.15, -0.1) is 0 Å². The lowest BCUT2D eigenvalue weighted by Gasteiger charge is -2.32. The van der Waals surface area contributed by atoms with Gasteiger partial charge in [-0.25, -0.2) is 0 Å². The zero-order valence-corrected chi connectivity index (χ0v) is 10.6. The number of carbonyl (C=O) groups is 1. The maximum absolute atomic E-state index is 11.8. The highest BCUT2D eigenvalue weighted by Crippen LogP contribution is 2.13. The first-order valence-corrected chi connectivity index (χ1v) is 6.34. The first-order chi connectivity index (χ1) is 8.66. The summed E-state index contributed by atoms with van der Waals surface area (Å²) in [6.07, 6.45) is 3.56. The predicted octanol–water partition coefficient (Wildman–Crippen LogP) is 0.589. The van der Waals surface area contributed by atoms with Gasteiger partial charge in [-0.1, -0.05) is 12.5 Å². The van der Waals surface area contributed by atoms with Crippen LogP contribution in [0.15, 0.2) is 23.0 Å². The fourth-order valence-corrected chi connectivity index (χ4v) is 2.29. The van der Waals surface area contributed by atoms with E-state index in [2.05, 4.69) is 22.2 Å². The predicted molar refractivity (Wildman–Crippen MR) is 69.7 cm³/mol. The summed E-state index contributed by atoms with van der Waals surface area (Å²) < 4.78 is 0. The Morgan fingerprint density at radius 2 is 2.33 bits per heavy atom. The first kappa shape index (κ1) is 12.8. The molecule has 1 aromatic rings. The van der Waals surface area contributed by atoms with Gasteiger partial charge in [0.05, 0.1) is 0 Å². The second-order valence-electron chi connectivity index (χ2n) is 4.77. The van der Waals surface area contributed by atoms with E-state index in [-0.39, 0.29) is 11.5 Å². The van der Waals surface area contributed by atoms with Gasteiger partial charge in [0.15, 0.2) is 0 Å². The molecule has 98 valence electrons. The number of piperidine rings is 1. The summed E-state index contributed by atoms with van der Waals surface area (Å²) in [6, 6.07) is 4.99. The van der Waals surface area contributed by atoms with Crippen molar-refractivity contribution in [1.82, 2.24) is 15.2 Å². The molecule has 1 atom stereocenters. The average Bonchev–Trinajstić information content (AvgIpc) is 2.37. The van der Waals surface area contributed by atoms with Crippen molar-refractivity contribution in [1.29, 1.82) is 0 Å². The molecule has 0 saturated carbocycles. The molecule has 1 aliphatic rings. The van der Waals surface area contributed by atoms with Crippen molar-refractivity contribution in [3.05, 3.63) is 34.2 Å². The third kappa shape index (κ3) is 3.20. The van der Waals surface area contributed by atoms with Crippen LogP contribution in [-0.2, 0) is 0 Å². The van der Waals surface area contributed by atoms with Gasteiger partial charge in [-0.3, -0.25) is 9.59 Å². The molecule has 5 nitrogen and oxygen atoms in total. The van der Waals surface area contributed by atoms with Crippen molar-refractivity contribution in [2.75, 3.05) is 20.1 Å². The number of likely N-dealkylation sites (N-methyl/N-ethyl adjacent to an activating group) is 1. The van der Waals surface area contributed by atoms with Gasteiger partial charge in [0.2, 0.25) is 5.56 Å². The second kappa shape index (κ2) is 5.82. The summed E-state index contributed by atoms with van der Waals surface area (Å²) in [5.41, 5.74) is 0.0680. The number of nitrogens with zero attached hydrogens (tertiary/aromatic N) is 1. The summed E-state index contributed by atoms with van der Waals surface area (Å²) in [5.74, 6) is -0.216. The minimum atomic E-state index is -0.252. The van der Waals surface area contributed by atoms with Crippen LogP contribution in [0.5, 0.6) is 0 Å². The van der Waals surface area contributed by atoms with Crippen LogP contribution in [0.3, 0.4) is 0 Å². The Morgan fingerprint density at radius 3 is 3.06 bits per heavy atom. The summed E-state index contributed by atoms with van der Waals surface area (Å²) in [5, 5.41) is 2.88. The molecule has 1 amide bonds. The number of likely N-dealkylation sites (tertiary alicyclic amines) is 1. The van der Waals surface area contributed by atoms with Gasteiger partial charge in [-0.2, -0.15) is 0 Å². The van der Waals surface area contributed by atoms with Gasteiger partial charge in [0, 0.05) is 18.7 Å². The molecule has 1 saturated heterocycles. The van der Waals surface area contributed by atoms with Crippen molar-refractivity contribution in [3.8, 4) is 0 Å². The van der Waals surface area contributed by atoms with Crippen molar-refractivity contribution in [2.45, 2.75) is 25.3 Å². The minimum absolute atomic E-state index is 0.216. The number of pyridine rings is 1. The number of rotatable bonds is 3. The monoisotopic (exact) mass is 249 g/mol. The maximum atomic E-state index is 11.8. The Labute approximate surface area is 106 Å². The fourth-order valence-electron chi connectivity index (χ4n) is 2.29. The van der Waals surface area contributed by atoms with E-state index in [0.717, 1.165) is 13.0 Å². The van der Waals surface area contributed by atoms with Gasteiger partial charge in [-0.05, 0) is 32.5 Å². The largest absolute Gasteiger partial charge is 0.349 e. The first-order valence-electron chi connectivity index (χ1n) is 6.34. The lowest BCUT2D eigenvalue weighted by molar-refractivity contribution is 0.0923. The van der Waals surface area contributed by atoms with Crippen molar-refractivity contribution in [2.24, 2.45) is 0 Å². The summed E-state index contributed by atoms with van der Waals surface area (Å²) in [6.45, 7) is 1.72. The molecule has 5 heteroatoms. The zero-order chi connectivity index (χ0) is 13.0. The zero-order valence-electron chi connectivity index (χ0n) is 10.6. The second-order valence-corrected chi connectivity index (χ2v) is 4.77. The molecular weight excluding hydrogens is 230 g/mol. The van der Waals surface area contributed by atoms with Crippen LogP contribution in [0.2, 0.25) is 0 Å². The topological polar surface area (TPSA) is 65.2 Å². The molecule has 0 bridgehead atoms. The van der Waals surface area contributed by atoms with E-state index in [9.17, 15) is 9.59 Å². The smallest absolute Gasteiger partial charge is 0.267 e. The molecule has 2 heterocycles. The van der Waals surface area contributed by atoms with Crippen LogP contribution in [0.1, 0.15) is 29.8 Å². The third-order valence-electron chi connectivity index (χ3n) is 3.43. The Balaban J connectivity index is 1.90. The normalized spacial score (nSPS) is 20.6. The van der Waals surface area contributed by atoms with E-state index >= 15 is 0 Å². The van der Waals surface area contributed by atoms with Crippen LogP contribution in [0, 0.1) is 0 Å². The number of amides is 1. The number of hydrogen-bond acceptors (Lipinski definition) is 3. The maximum Gasteiger partial charge on any atom is 0.267 e. The fraction of sp³-hybridized carbons (Fsp3) is 0.538. The molecule has 1 fully saturated rings. The Hall–Kier alpha value is -1.62. The Morgan fingerprint density at radius 1 is 1.50 bits per heavy atom. The Kier molecular flexibility index (Phi) is 4.15. The van der Waals surface area contributed by atoms with Crippen LogP contribution in [0.25, 0.3) is 0 Å². The molecule has 0 aromatic carbocycles. The summed E-state index contributed by atoms with van der Waals surface area (Å²) in [7, 11) is 2.08. The van der Waals surface area contributed by atoms with Gasteiger partial charge >= 0.3 is 0 Å². The van der Waals surface area contributed by atoms with E-state index in [1.54, 1.807) is 12.1 Å².